The Bertz CT molecular complexity index is 961. The van der Waals surface area contributed by atoms with Crippen LogP contribution in [0.25, 0.3) is 11.9 Å². The van der Waals surface area contributed by atoms with E-state index in [4.69, 9.17) is 14.2 Å². The van der Waals surface area contributed by atoms with E-state index in [0.717, 1.165) is 0 Å². The van der Waals surface area contributed by atoms with Crippen LogP contribution in [0.1, 0.15) is 5.56 Å². The summed E-state index contributed by atoms with van der Waals surface area (Å²) in [5.74, 6) is 2.11. The number of methoxy groups -OCH3 is 3. The Morgan fingerprint density at radius 3 is 2.43 bits per heavy atom. The maximum Gasteiger partial charge on any atom is 0.249 e. The molecule has 0 aliphatic rings. The SMILES string of the molecule is COc1cc(/C=C/C(=O)Nc2cc(-n3ccnc3)ncn2)cc(OC)c1OC. The van der Waals surface area contributed by atoms with E-state index >= 15 is 0 Å². The molecule has 2 aromatic heterocycles. The van der Waals surface area contributed by atoms with Crippen LogP contribution in [-0.2, 0) is 4.79 Å². The van der Waals surface area contributed by atoms with Crippen LogP contribution >= 0.6 is 0 Å². The fourth-order valence-electron chi connectivity index (χ4n) is 2.49. The summed E-state index contributed by atoms with van der Waals surface area (Å²) in [6.07, 6.45) is 9.39. The molecular formula is C19H19N5O4. The van der Waals surface area contributed by atoms with E-state index in [0.29, 0.717) is 34.4 Å². The molecule has 0 saturated carbocycles. The largest absolute Gasteiger partial charge is 0.493 e. The molecule has 0 aliphatic heterocycles. The number of aromatic nitrogens is 4. The number of nitrogens with one attached hydrogen (secondary N) is 1. The van der Waals surface area contributed by atoms with Crippen LogP contribution in [0.4, 0.5) is 5.82 Å². The van der Waals surface area contributed by atoms with Crippen LogP contribution in [0.3, 0.4) is 0 Å². The van der Waals surface area contributed by atoms with E-state index in [-0.39, 0.29) is 5.91 Å². The third kappa shape index (κ3) is 4.26. The molecule has 9 heteroatoms. The van der Waals surface area contributed by atoms with Gasteiger partial charge in [-0.05, 0) is 23.8 Å². The van der Waals surface area contributed by atoms with Gasteiger partial charge in [-0.25, -0.2) is 15.0 Å². The van der Waals surface area contributed by atoms with Crippen molar-refractivity contribution < 1.29 is 19.0 Å². The Morgan fingerprint density at radius 2 is 1.82 bits per heavy atom. The molecule has 0 spiro atoms. The van der Waals surface area contributed by atoms with Gasteiger partial charge in [0.05, 0.1) is 21.3 Å². The third-order valence-corrected chi connectivity index (χ3v) is 3.79. The highest BCUT2D eigenvalue weighted by molar-refractivity contribution is 6.01. The standard InChI is InChI=1S/C19H19N5O4/c1-26-14-8-13(9-15(27-2)19(14)28-3)4-5-18(25)23-16-10-17(22-11-21-16)24-7-6-20-12-24/h4-12H,1-3H3,(H,21,22,23,25)/b5-4+. The highest BCUT2D eigenvalue weighted by Crippen LogP contribution is 2.38. The van der Waals surface area contributed by atoms with Crippen molar-refractivity contribution in [2.24, 2.45) is 0 Å². The number of carbonyl (C=O) groups is 1. The van der Waals surface area contributed by atoms with Crippen molar-refractivity contribution in [3.63, 3.8) is 0 Å². The second-order valence-electron chi connectivity index (χ2n) is 5.51. The molecule has 0 unspecified atom stereocenters. The van der Waals surface area contributed by atoms with Crippen molar-refractivity contribution >= 4 is 17.8 Å². The summed E-state index contributed by atoms with van der Waals surface area (Å²) in [6.45, 7) is 0. The average Bonchev–Trinajstić information content (AvgIpc) is 3.26. The molecular weight excluding hydrogens is 362 g/mol. The molecule has 1 N–H and O–H groups in total. The smallest absolute Gasteiger partial charge is 0.249 e. The van der Waals surface area contributed by atoms with Gasteiger partial charge in [-0.15, -0.1) is 0 Å². The minimum atomic E-state index is -0.343. The summed E-state index contributed by atoms with van der Waals surface area (Å²) in [5.41, 5.74) is 0.714. The molecule has 0 aliphatic carbocycles. The second kappa shape index (κ2) is 8.67. The highest BCUT2D eigenvalue weighted by atomic mass is 16.5. The number of imidazole rings is 1. The number of amides is 1. The molecule has 0 fully saturated rings. The zero-order valence-corrected chi connectivity index (χ0v) is 15.6. The minimum absolute atomic E-state index is 0.343. The number of nitrogens with zero attached hydrogens (tertiary/aromatic N) is 4. The fourth-order valence-corrected chi connectivity index (χ4v) is 2.49. The van der Waals surface area contributed by atoms with Crippen molar-refractivity contribution in [3.05, 3.63) is 54.9 Å². The molecule has 1 amide bonds. The van der Waals surface area contributed by atoms with Crippen molar-refractivity contribution in [3.8, 4) is 23.1 Å². The fraction of sp³-hybridized carbons (Fsp3) is 0.158. The van der Waals surface area contributed by atoms with Gasteiger partial charge < -0.3 is 19.5 Å². The summed E-state index contributed by atoms with van der Waals surface area (Å²) in [4.78, 5) is 24.4. The van der Waals surface area contributed by atoms with E-state index < -0.39 is 0 Å². The van der Waals surface area contributed by atoms with Gasteiger partial charge >= 0.3 is 0 Å². The predicted octanol–water partition coefficient (Wildman–Crippen LogP) is 2.34. The number of benzene rings is 1. The van der Waals surface area contributed by atoms with Gasteiger partial charge in [-0.2, -0.15) is 0 Å². The lowest BCUT2D eigenvalue weighted by molar-refractivity contribution is -0.111. The zero-order chi connectivity index (χ0) is 19.9. The lowest BCUT2D eigenvalue weighted by atomic mass is 10.1. The Kier molecular flexibility index (Phi) is 5.85. The number of anilines is 1. The van der Waals surface area contributed by atoms with Gasteiger partial charge in [-0.1, -0.05) is 0 Å². The van der Waals surface area contributed by atoms with Crippen molar-refractivity contribution in [2.75, 3.05) is 26.6 Å². The van der Waals surface area contributed by atoms with Crippen LogP contribution in [0, 0.1) is 0 Å². The molecule has 1 aromatic carbocycles. The van der Waals surface area contributed by atoms with Crippen LogP contribution in [0.5, 0.6) is 17.2 Å². The van der Waals surface area contributed by atoms with Crippen LogP contribution in [-0.4, -0.2) is 46.8 Å². The quantitative estimate of drug-likeness (QED) is 0.627. The minimum Gasteiger partial charge on any atom is -0.493 e. The summed E-state index contributed by atoms with van der Waals surface area (Å²) >= 11 is 0. The molecule has 0 radical (unpaired) electrons. The molecule has 3 rings (SSSR count). The van der Waals surface area contributed by atoms with Gasteiger partial charge in [0.15, 0.2) is 11.5 Å². The first-order valence-electron chi connectivity index (χ1n) is 8.24. The molecule has 3 aromatic rings. The van der Waals surface area contributed by atoms with Crippen LogP contribution in [0.2, 0.25) is 0 Å². The van der Waals surface area contributed by atoms with E-state index in [9.17, 15) is 4.79 Å². The van der Waals surface area contributed by atoms with E-state index in [1.807, 2.05) is 0 Å². The Hall–Kier alpha value is -3.88. The first-order chi connectivity index (χ1) is 13.6. The first-order valence-corrected chi connectivity index (χ1v) is 8.24. The van der Waals surface area contributed by atoms with E-state index in [1.54, 1.807) is 47.6 Å². The first kappa shape index (κ1) is 18.9. The number of hydrogen-bond donors (Lipinski definition) is 1. The molecule has 28 heavy (non-hydrogen) atoms. The normalized spacial score (nSPS) is 10.7. The molecule has 0 saturated heterocycles. The van der Waals surface area contributed by atoms with Gasteiger partial charge in [0.1, 0.15) is 24.3 Å². The van der Waals surface area contributed by atoms with E-state index in [1.165, 1.54) is 33.7 Å². The monoisotopic (exact) mass is 381 g/mol. The lowest BCUT2D eigenvalue weighted by Gasteiger charge is -2.12. The van der Waals surface area contributed by atoms with Gasteiger partial charge in [0.25, 0.3) is 0 Å². The summed E-state index contributed by atoms with van der Waals surface area (Å²) < 4.78 is 17.6. The van der Waals surface area contributed by atoms with Gasteiger partial charge in [0, 0.05) is 24.5 Å². The topological polar surface area (TPSA) is 100 Å². The maximum absolute atomic E-state index is 12.3. The van der Waals surface area contributed by atoms with E-state index in [2.05, 4.69) is 20.3 Å². The Morgan fingerprint density at radius 1 is 1.07 bits per heavy atom. The van der Waals surface area contributed by atoms with Gasteiger partial charge in [-0.3, -0.25) is 9.36 Å². The number of hydrogen-bond acceptors (Lipinski definition) is 7. The average molecular weight is 381 g/mol. The molecule has 9 nitrogen and oxygen atoms in total. The molecule has 0 atom stereocenters. The molecule has 0 bridgehead atoms. The second-order valence-corrected chi connectivity index (χ2v) is 5.51. The van der Waals surface area contributed by atoms with Crippen LogP contribution < -0.4 is 19.5 Å². The number of carbonyl (C=O) groups excluding carboxylic acids is 1. The number of rotatable bonds is 7. The van der Waals surface area contributed by atoms with Crippen molar-refractivity contribution in [1.29, 1.82) is 0 Å². The Balaban J connectivity index is 1.75. The molecule has 144 valence electrons. The summed E-state index contributed by atoms with van der Waals surface area (Å²) in [6, 6.07) is 5.13. The lowest BCUT2D eigenvalue weighted by Crippen LogP contribution is -2.10. The third-order valence-electron chi connectivity index (χ3n) is 3.79. The molecule has 2 heterocycles. The zero-order valence-electron chi connectivity index (χ0n) is 15.6. The summed E-state index contributed by atoms with van der Waals surface area (Å²) in [7, 11) is 4.60. The number of ether oxygens (including phenoxy) is 3. The van der Waals surface area contributed by atoms with Crippen molar-refractivity contribution in [2.45, 2.75) is 0 Å². The maximum atomic E-state index is 12.3. The predicted molar refractivity (Wildman–Crippen MR) is 103 cm³/mol. The summed E-state index contributed by atoms with van der Waals surface area (Å²) in [5, 5.41) is 2.70. The van der Waals surface area contributed by atoms with Crippen LogP contribution in [0.15, 0.2) is 49.3 Å². The van der Waals surface area contributed by atoms with Gasteiger partial charge in [0.2, 0.25) is 11.7 Å². The highest BCUT2D eigenvalue weighted by Gasteiger charge is 2.12. The van der Waals surface area contributed by atoms with Crippen molar-refractivity contribution in [1.82, 2.24) is 19.5 Å². The Labute approximate surface area is 161 Å².